The zero-order valence-electron chi connectivity index (χ0n) is 10.5. The van der Waals surface area contributed by atoms with Crippen LogP contribution in [0.2, 0.25) is 0 Å². The summed E-state index contributed by atoms with van der Waals surface area (Å²) >= 11 is 0. The molecule has 1 aromatic carbocycles. The molecule has 104 valence electrons. The third kappa shape index (κ3) is 3.52. The van der Waals surface area contributed by atoms with Gasteiger partial charge in [0.15, 0.2) is 0 Å². The van der Waals surface area contributed by atoms with E-state index in [1.54, 1.807) is 12.1 Å². The van der Waals surface area contributed by atoms with Gasteiger partial charge in [-0.1, -0.05) is 24.3 Å². The van der Waals surface area contributed by atoms with Gasteiger partial charge < -0.3 is 11.1 Å². The van der Waals surface area contributed by atoms with E-state index in [0.717, 1.165) is 5.56 Å². The summed E-state index contributed by atoms with van der Waals surface area (Å²) in [5, 5.41) is 2.60. The Labute approximate surface area is 112 Å². The second kappa shape index (κ2) is 5.68. The van der Waals surface area contributed by atoms with E-state index >= 15 is 0 Å². The molecule has 0 saturated carbocycles. The fourth-order valence-corrected chi connectivity index (χ4v) is 3.41. The first-order valence-electron chi connectivity index (χ1n) is 6.03. The van der Waals surface area contributed by atoms with Gasteiger partial charge in [0.05, 0.1) is 12.3 Å². The molecule has 0 unspecified atom stereocenters. The van der Waals surface area contributed by atoms with Gasteiger partial charge in [-0.25, -0.2) is 8.42 Å². The monoisotopic (exact) mass is 283 g/mol. The highest BCUT2D eigenvalue weighted by molar-refractivity contribution is 7.88. The van der Waals surface area contributed by atoms with Crippen LogP contribution in [0.1, 0.15) is 11.1 Å². The smallest absolute Gasteiger partial charge is 0.235 e. The number of nitrogens with one attached hydrogen (secondary N) is 1. The number of amides is 1. The van der Waals surface area contributed by atoms with Crippen LogP contribution in [0.15, 0.2) is 24.3 Å². The Kier molecular flexibility index (Phi) is 4.18. The van der Waals surface area contributed by atoms with Crippen LogP contribution < -0.4 is 11.1 Å². The number of hydrogen-bond donors (Lipinski definition) is 2. The average molecular weight is 283 g/mol. The number of hydrogen-bond acceptors (Lipinski definition) is 4. The third-order valence-electron chi connectivity index (χ3n) is 3.00. The van der Waals surface area contributed by atoms with Crippen molar-refractivity contribution in [3.05, 3.63) is 35.4 Å². The number of nitrogens with zero attached hydrogens (tertiary/aromatic N) is 1. The molecule has 1 amide bonds. The zero-order chi connectivity index (χ0) is 13.9. The van der Waals surface area contributed by atoms with Crippen LogP contribution in [0.25, 0.3) is 0 Å². The van der Waals surface area contributed by atoms with Crippen molar-refractivity contribution >= 4 is 15.9 Å². The normalized spacial score (nSPS) is 17.2. The fraction of sp³-hybridized carbons (Fsp3) is 0.417. The lowest BCUT2D eigenvalue weighted by Crippen LogP contribution is -2.50. The molecule has 0 atom stereocenters. The van der Waals surface area contributed by atoms with Crippen molar-refractivity contribution in [2.75, 3.05) is 19.6 Å². The Morgan fingerprint density at radius 1 is 1.21 bits per heavy atom. The fourth-order valence-electron chi connectivity index (χ4n) is 1.93. The Morgan fingerprint density at radius 2 is 1.84 bits per heavy atom. The molecule has 1 fully saturated rings. The van der Waals surface area contributed by atoms with Crippen LogP contribution in [0, 0.1) is 0 Å². The number of benzene rings is 1. The summed E-state index contributed by atoms with van der Waals surface area (Å²) in [5.74, 6) is -0.348. The van der Waals surface area contributed by atoms with E-state index < -0.39 is 10.0 Å². The van der Waals surface area contributed by atoms with Gasteiger partial charge in [-0.2, -0.15) is 4.31 Å². The van der Waals surface area contributed by atoms with Crippen molar-refractivity contribution in [2.45, 2.75) is 12.3 Å². The van der Waals surface area contributed by atoms with E-state index in [2.05, 4.69) is 5.32 Å². The number of carbonyl (C=O) groups excluding carboxylic acids is 1. The van der Waals surface area contributed by atoms with Crippen molar-refractivity contribution in [3.63, 3.8) is 0 Å². The maximum absolute atomic E-state index is 12.2. The summed E-state index contributed by atoms with van der Waals surface area (Å²) < 4.78 is 25.6. The maximum atomic E-state index is 12.2. The number of piperazine rings is 1. The van der Waals surface area contributed by atoms with Crippen LogP contribution in [0.3, 0.4) is 0 Å². The minimum absolute atomic E-state index is 0.0921. The molecule has 7 heteroatoms. The number of rotatable bonds is 4. The predicted octanol–water partition coefficient (Wildman–Crippen LogP) is -0.593. The summed E-state index contributed by atoms with van der Waals surface area (Å²) in [6, 6.07) is 7.13. The number of sulfonamides is 1. The molecule has 0 radical (unpaired) electrons. The lowest BCUT2D eigenvalue weighted by molar-refractivity contribution is -0.122. The first-order chi connectivity index (χ1) is 9.01. The van der Waals surface area contributed by atoms with Crippen molar-refractivity contribution in [2.24, 2.45) is 5.73 Å². The largest absolute Gasteiger partial charge is 0.354 e. The molecule has 1 heterocycles. The SMILES string of the molecule is NCc1ccc(CS(=O)(=O)N2CCNC(=O)C2)cc1. The molecule has 2 rings (SSSR count). The molecule has 1 saturated heterocycles. The van der Waals surface area contributed by atoms with Crippen LogP contribution in [-0.4, -0.2) is 38.3 Å². The van der Waals surface area contributed by atoms with Crippen LogP contribution >= 0.6 is 0 Å². The van der Waals surface area contributed by atoms with E-state index in [9.17, 15) is 13.2 Å². The topological polar surface area (TPSA) is 92.5 Å². The van der Waals surface area contributed by atoms with Gasteiger partial charge in [-0.15, -0.1) is 0 Å². The van der Waals surface area contributed by atoms with E-state index in [1.165, 1.54) is 4.31 Å². The minimum Gasteiger partial charge on any atom is -0.354 e. The zero-order valence-corrected chi connectivity index (χ0v) is 11.3. The summed E-state index contributed by atoms with van der Waals surface area (Å²) in [5.41, 5.74) is 7.14. The van der Waals surface area contributed by atoms with Crippen molar-refractivity contribution in [3.8, 4) is 0 Å². The predicted molar refractivity (Wildman–Crippen MR) is 71.5 cm³/mol. The molecule has 1 aliphatic heterocycles. The summed E-state index contributed by atoms with van der Waals surface area (Å²) in [6.07, 6.45) is 0. The molecule has 0 bridgehead atoms. The second-order valence-corrected chi connectivity index (χ2v) is 6.43. The third-order valence-corrected chi connectivity index (χ3v) is 4.80. The molecular weight excluding hydrogens is 266 g/mol. The van der Waals surface area contributed by atoms with Crippen molar-refractivity contribution < 1.29 is 13.2 Å². The highest BCUT2D eigenvalue weighted by atomic mass is 32.2. The summed E-state index contributed by atoms with van der Waals surface area (Å²) in [6.45, 7) is 1.03. The van der Waals surface area contributed by atoms with Crippen LogP contribution in [0.5, 0.6) is 0 Å². The number of carbonyl (C=O) groups is 1. The van der Waals surface area contributed by atoms with E-state index in [1.807, 2.05) is 12.1 Å². The summed E-state index contributed by atoms with van der Waals surface area (Å²) in [7, 11) is -3.45. The Morgan fingerprint density at radius 3 is 2.42 bits per heavy atom. The molecule has 0 spiro atoms. The lowest BCUT2D eigenvalue weighted by Gasteiger charge is -2.25. The Balaban J connectivity index is 2.09. The molecular formula is C12H17N3O3S. The Bertz CT molecular complexity index is 554. The van der Waals surface area contributed by atoms with E-state index in [-0.39, 0.29) is 18.2 Å². The van der Waals surface area contributed by atoms with Crippen molar-refractivity contribution in [1.29, 1.82) is 0 Å². The van der Waals surface area contributed by atoms with Crippen molar-refractivity contribution in [1.82, 2.24) is 9.62 Å². The molecule has 19 heavy (non-hydrogen) atoms. The van der Waals surface area contributed by atoms with Gasteiger partial charge in [-0.05, 0) is 11.1 Å². The van der Waals surface area contributed by atoms with Gasteiger partial charge in [0.2, 0.25) is 15.9 Å². The molecule has 3 N–H and O–H groups in total. The highest BCUT2D eigenvalue weighted by Gasteiger charge is 2.27. The average Bonchev–Trinajstić information content (AvgIpc) is 2.39. The Hall–Kier alpha value is -1.44. The first-order valence-corrected chi connectivity index (χ1v) is 7.64. The van der Waals surface area contributed by atoms with Crippen LogP contribution in [0.4, 0.5) is 0 Å². The summed E-state index contributed by atoms with van der Waals surface area (Å²) in [4.78, 5) is 11.2. The maximum Gasteiger partial charge on any atom is 0.235 e. The van der Waals surface area contributed by atoms with Gasteiger partial charge in [0.1, 0.15) is 0 Å². The van der Waals surface area contributed by atoms with Gasteiger partial charge in [-0.3, -0.25) is 4.79 Å². The molecule has 1 aliphatic rings. The highest BCUT2D eigenvalue weighted by Crippen LogP contribution is 2.12. The van der Waals surface area contributed by atoms with Gasteiger partial charge >= 0.3 is 0 Å². The van der Waals surface area contributed by atoms with Crippen LogP contribution in [-0.2, 0) is 27.1 Å². The van der Waals surface area contributed by atoms with Gasteiger partial charge in [0.25, 0.3) is 0 Å². The van der Waals surface area contributed by atoms with E-state index in [4.69, 9.17) is 5.73 Å². The number of nitrogens with two attached hydrogens (primary N) is 1. The quantitative estimate of drug-likeness (QED) is 0.772. The molecule has 0 aliphatic carbocycles. The standard InChI is InChI=1S/C12H17N3O3S/c13-7-10-1-3-11(4-2-10)9-19(17,18)15-6-5-14-12(16)8-15/h1-4H,5-9,13H2,(H,14,16). The molecule has 6 nitrogen and oxygen atoms in total. The van der Waals surface area contributed by atoms with Gasteiger partial charge in [0, 0.05) is 19.6 Å². The molecule has 1 aromatic rings. The lowest BCUT2D eigenvalue weighted by atomic mass is 10.1. The second-order valence-electron chi connectivity index (χ2n) is 4.46. The first kappa shape index (κ1) is 14.0. The molecule has 0 aromatic heterocycles. The van der Waals surface area contributed by atoms with E-state index in [0.29, 0.717) is 25.2 Å². The minimum atomic E-state index is -3.45.